The monoisotopic (exact) mass is 460 g/mol. The van der Waals surface area contributed by atoms with Crippen LogP contribution >= 0.6 is 0 Å². The van der Waals surface area contributed by atoms with Crippen LogP contribution in [0.2, 0.25) is 0 Å². The first-order chi connectivity index (χ1) is 14.8. The molecule has 0 aromatic carbocycles. The third-order valence-corrected chi connectivity index (χ3v) is 4.39. The Labute approximate surface area is 184 Å². The van der Waals surface area contributed by atoms with Gasteiger partial charge in [-0.1, -0.05) is 13.8 Å². The van der Waals surface area contributed by atoms with E-state index in [0.29, 0.717) is 0 Å². The lowest BCUT2D eigenvalue weighted by atomic mass is 10.0. The van der Waals surface area contributed by atoms with Gasteiger partial charge < -0.3 is 43.4 Å². The molecular weight excluding hydrogens is 428 g/mol. The number of carbonyl (C=O) groups is 6. The van der Waals surface area contributed by atoms with Gasteiger partial charge in [0.25, 0.3) is 0 Å². The number of primary amides is 2. The van der Waals surface area contributed by atoms with Gasteiger partial charge in [0.2, 0.25) is 29.5 Å². The first kappa shape index (κ1) is 28.7. The first-order valence-corrected chi connectivity index (χ1v) is 9.87. The Kier molecular flexibility index (Phi) is 12.5. The number of amides is 5. The minimum absolute atomic E-state index is 0.0694. The van der Waals surface area contributed by atoms with Crippen LogP contribution in [0.15, 0.2) is 0 Å². The highest BCUT2D eigenvalue weighted by Gasteiger charge is 2.31. The van der Waals surface area contributed by atoms with E-state index in [1.165, 1.54) is 0 Å². The predicted octanol–water partition coefficient (Wildman–Crippen LogP) is -3.97. The molecule has 0 bridgehead atoms. The summed E-state index contributed by atoms with van der Waals surface area (Å²) < 4.78 is 0. The Balaban J connectivity index is 5.38. The molecule has 0 aliphatic carbocycles. The number of nitrogens with one attached hydrogen (secondary N) is 3. The van der Waals surface area contributed by atoms with Crippen molar-refractivity contribution in [3.05, 3.63) is 0 Å². The van der Waals surface area contributed by atoms with E-state index in [0.717, 1.165) is 0 Å². The molecule has 0 aromatic rings. The summed E-state index contributed by atoms with van der Waals surface area (Å²) >= 11 is 0. The molecule has 182 valence electrons. The second-order valence-electron chi connectivity index (χ2n) is 7.49. The number of rotatable bonds is 15. The Bertz CT molecular complexity index is 714. The zero-order valence-electron chi connectivity index (χ0n) is 18.0. The molecule has 14 nitrogen and oxygen atoms in total. The fourth-order valence-electron chi connectivity index (χ4n) is 2.50. The van der Waals surface area contributed by atoms with Gasteiger partial charge in [-0.25, -0.2) is 4.79 Å². The molecule has 4 unspecified atom stereocenters. The van der Waals surface area contributed by atoms with Crippen molar-refractivity contribution in [3.8, 4) is 0 Å². The van der Waals surface area contributed by atoms with E-state index in [9.17, 15) is 28.8 Å². The number of aliphatic hydroxyl groups is 1. The highest BCUT2D eigenvalue weighted by molar-refractivity contribution is 5.94. The van der Waals surface area contributed by atoms with Crippen LogP contribution in [0.4, 0.5) is 0 Å². The van der Waals surface area contributed by atoms with Gasteiger partial charge in [0.15, 0.2) is 0 Å². The number of hydrogen-bond acceptors (Lipinski definition) is 8. The van der Waals surface area contributed by atoms with Gasteiger partial charge in [0.1, 0.15) is 18.1 Å². The predicted molar refractivity (Wildman–Crippen MR) is 110 cm³/mol. The van der Waals surface area contributed by atoms with Gasteiger partial charge in [-0.2, -0.15) is 0 Å². The fraction of sp³-hybridized carbons (Fsp3) is 0.667. The largest absolute Gasteiger partial charge is 0.480 e. The number of aliphatic carboxylic acids is 1. The Hall–Kier alpha value is -3.26. The van der Waals surface area contributed by atoms with Crippen molar-refractivity contribution in [2.24, 2.45) is 23.1 Å². The van der Waals surface area contributed by atoms with Gasteiger partial charge >= 0.3 is 5.97 Å². The van der Waals surface area contributed by atoms with Crippen LogP contribution in [-0.2, 0) is 28.8 Å². The molecule has 0 saturated carbocycles. The number of nitrogens with two attached hydrogens (primary N) is 3. The van der Waals surface area contributed by atoms with E-state index in [-0.39, 0.29) is 25.7 Å². The van der Waals surface area contributed by atoms with E-state index in [4.69, 9.17) is 27.4 Å². The lowest BCUT2D eigenvalue weighted by Gasteiger charge is -2.26. The quantitative estimate of drug-likeness (QED) is 0.118. The SMILES string of the molecule is CC(C)C(NC(=O)C(CCC(N)=O)NC(=O)C(N)CCC(N)=O)C(=O)NC(CO)C(=O)O. The summed E-state index contributed by atoms with van der Waals surface area (Å²) in [5.41, 5.74) is 15.8. The molecule has 4 atom stereocenters. The standard InChI is InChI=1S/C18H32N6O8/c1-8(2)14(17(30)23-11(7-25)18(31)32)24-16(29)10(4-6-13(21)27)22-15(28)9(19)3-5-12(20)26/h8-11,14,25H,3-7,19H2,1-2H3,(H2,20,26)(H2,21,27)(H,22,28)(H,23,30)(H,24,29)(H,31,32). The number of carbonyl (C=O) groups excluding carboxylic acids is 5. The molecule has 0 aliphatic rings. The Morgan fingerprint density at radius 3 is 1.72 bits per heavy atom. The maximum Gasteiger partial charge on any atom is 0.328 e. The van der Waals surface area contributed by atoms with E-state index in [2.05, 4.69) is 16.0 Å². The smallest absolute Gasteiger partial charge is 0.328 e. The fourth-order valence-corrected chi connectivity index (χ4v) is 2.50. The van der Waals surface area contributed by atoms with E-state index >= 15 is 0 Å². The van der Waals surface area contributed by atoms with Gasteiger partial charge in [0.05, 0.1) is 12.6 Å². The van der Waals surface area contributed by atoms with Crippen LogP contribution < -0.4 is 33.2 Å². The second kappa shape index (κ2) is 13.9. The molecule has 14 heteroatoms. The maximum absolute atomic E-state index is 12.7. The summed E-state index contributed by atoms with van der Waals surface area (Å²) in [6.07, 6.45) is -0.687. The highest BCUT2D eigenvalue weighted by Crippen LogP contribution is 2.06. The Morgan fingerprint density at radius 2 is 1.28 bits per heavy atom. The molecule has 32 heavy (non-hydrogen) atoms. The van der Waals surface area contributed by atoms with Crippen LogP contribution in [0.1, 0.15) is 39.5 Å². The molecule has 0 aliphatic heterocycles. The van der Waals surface area contributed by atoms with Gasteiger partial charge in [0, 0.05) is 12.8 Å². The van der Waals surface area contributed by atoms with Crippen molar-refractivity contribution in [1.82, 2.24) is 16.0 Å². The average molecular weight is 460 g/mol. The topological polar surface area (TPSA) is 257 Å². The van der Waals surface area contributed by atoms with Crippen LogP contribution in [0.25, 0.3) is 0 Å². The lowest BCUT2D eigenvalue weighted by molar-refractivity contribution is -0.143. The van der Waals surface area contributed by atoms with Crippen LogP contribution in [-0.4, -0.2) is 76.5 Å². The molecule has 11 N–H and O–H groups in total. The molecule has 0 spiro atoms. The third-order valence-electron chi connectivity index (χ3n) is 4.39. The van der Waals surface area contributed by atoms with Gasteiger partial charge in [-0.05, 0) is 18.8 Å². The summed E-state index contributed by atoms with van der Waals surface area (Å²) in [4.78, 5) is 70.5. The number of aliphatic hydroxyl groups excluding tert-OH is 1. The minimum atomic E-state index is -1.57. The van der Waals surface area contributed by atoms with Crippen LogP contribution in [0.5, 0.6) is 0 Å². The van der Waals surface area contributed by atoms with E-state index in [1.54, 1.807) is 13.8 Å². The van der Waals surface area contributed by atoms with Gasteiger partial charge in [-0.15, -0.1) is 0 Å². The van der Waals surface area contributed by atoms with E-state index < -0.39 is 72.2 Å². The summed E-state index contributed by atoms with van der Waals surface area (Å²) in [5.74, 6) is -5.86. The van der Waals surface area contributed by atoms with Crippen molar-refractivity contribution in [2.45, 2.75) is 63.7 Å². The lowest BCUT2D eigenvalue weighted by Crippen LogP contribution is -2.58. The summed E-state index contributed by atoms with van der Waals surface area (Å²) in [5, 5.41) is 24.9. The van der Waals surface area contributed by atoms with Crippen molar-refractivity contribution >= 4 is 35.5 Å². The normalized spacial score (nSPS) is 14.5. The molecule has 0 saturated heterocycles. The third kappa shape index (κ3) is 10.7. The zero-order valence-corrected chi connectivity index (χ0v) is 18.0. The van der Waals surface area contributed by atoms with Crippen molar-refractivity contribution in [1.29, 1.82) is 0 Å². The van der Waals surface area contributed by atoms with Crippen LogP contribution in [0, 0.1) is 5.92 Å². The molecule has 0 heterocycles. The maximum atomic E-state index is 12.7. The molecule has 5 amide bonds. The molecular formula is C18H32N6O8. The summed E-state index contributed by atoms with van der Waals surface area (Å²) in [6, 6.07) is -5.24. The molecule has 0 fully saturated rings. The molecule has 0 rings (SSSR count). The number of hydrogen-bond donors (Lipinski definition) is 8. The number of carboxylic acids is 1. The first-order valence-electron chi connectivity index (χ1n) is 9.87. The summed E-state index contributed by atoms with van der Waals surface area (Å²) in [7, 11) is 0. The van der Waals surface area contributed by atoms with Crippen molar-refractivity contribution in [2.75, 3.05) is 6.61 Å². The molecule has 0 radical (unpaired) electrons. The van der Waals surface area contributed by atoms with Crippen LogP contribution in [0.3, 0.4) is 0 Å². The van der Waals surface area contributed by atoms with E-state index in [1.807, 2.05) is 0 Å². The van der Waals surface area contributed by atoms with Crippen molar-refractivity contribution < 1.29 is 39.0 Å². The highest BCUT2D eigenvalue weighted by atomic mass is 16.4. The van der Waals surface area contributed by atoms with Gasteiger partial charge in [-0.3, -0.25) is 24.0 Å². The molecule has 0 aromatic heterocycles. The zero-order chi connectivity index (χ0) is 25.0. The average Bonchev–Trinajstić information content (AvgIpc) is 2.69. The Morgan fingerprint density at radius 1 is 0.781 bits per heavy atom. The van der Waals surface area contributed by atoms with Crippen molar-refractivity contribution in [3.63, 3.8) is 0 Å². The summed E-state index contributed by atoms with van der Waals surface area (Å²) in [6.45, 7) is 2.30. The second-order valence-corrected chi connectivity index (χ2v) is 7.49. The minimum Gasteiger partial charge on any atom is -0.480 e. The number of carboxylic acid groups (broad SMARTS) is 1.